The van der Waals surface area contributed by atoms with E-state index in [4.69, 9.17) is 11.0 Å². The molecule has 33 heavy (non-hydrogen) atoms. The summed E-state index contributed by atoms with van der Waals surface area (Å²) in [5, 5.41) is 17.0. The lowest BCUT2D eigenvalue weighted by Crippen LogP contribution is -2.13. The van der Waals surface area contributed by atoms with Gasteiger partial charge in [-0.25, -0.2) is 4.98 Å². The molecular weight excluding hydrogens is 440 g/mol. The SMILES string of the molecule is Cc1c(NC(=O)c2nccs2)cccc1-c1ccc(C(N)=O)c2[nH]cc(NC(=O)CC#N)c12. The normalized spacial score (nSPS) is 10.5. The average Bonchev–Trinajstić information content (AvgIpc) is 3.46. The smallest absolute Gasteiger partial charge is 0.284 e. The van der Waals surface area contributed by atoms with Crippen LogP contribution in [0.1, 0.15) is 32.1 Å². The van der Waals surface area contributed by atoms with Gasteiger partial charge >= 0.3 is 0 Å². The molecule has 0 saturated carbocycles. The van der Waals surface area contributed by atoms with Crippen molar-refractivity contribution in [2.45, 2.75) is 13.3 Å². The Bertz CT molecular complexity index is 1430. The third kappa shape index (κ3) is 4.17. The molecule has 9 nitrogen and oxygen atoms in total. The molecule has 3 amide bonds. The Labute approximate surface area is 192 Å². The molecule has 10 heteroatoms. The number of benzene rings is 2. The number of H-pyrrole nitrogens is 1. The quantitative estimate of drug-likeness (QED) is 0.346. The maximum absolute atomic E-state index is 12.5. The van der Waals surface area contributed by atoms with Crippen molar-refractivity contribution in [2.75, 3.05) is 10.6 Å². The highest BCUT2D eigenvalue weighted by molar-refractivity contribution is 7.11. The summed E-state index contributed by atoms with van der Waals surface area (Å²) < 4.78 is 0. The molecule has 0 spiro atoms. The van der Waals surface area contributed by atoms with E-state index in [-0.39, 0.29) is 17.9 Å². The molecule has 4 aromatic rings. The average molecular weight is 459 g/mol. The summed E-state index contributed by atoms with van der Waals surface area (Å²) in [6, 6.07) is 10.6. The highest BCUT2D eigenvalue weighted by atomic mass is 32.1. The lowest BCUT2D eigenvalue weighted by atomic mass is 9.94. The number of nitrogens with two attached hydrogens (primary N) is 1. The second-order valence-corrected chi connectivity index (χ2v) is 8.02. The van der Waals surface area contributed by atoms with Gasteiger partial charge in [0.15, 0.2) is 5.01 Å². The number of fused-ring (bicyclic) bond motifs is 1. The Balaban J connectivity index is 1.84. The van der Waals surface area contributed by atoms with Crippen LogP contribution in [0.5, 0.6) is 0 Å². The number of carbonyl (C=O) groups is 3. The summed E-state index contributed by atoms with van der Waals surface area (Å²) in [5.74, 6) is -1.41. The summed E-state index contributed by atoms with van der Waals surface area (Å²) >= 11 is 1.24. The molecule has 2 heterocycles. The molecule has 0 atom stereocenters. The first-order valence-corrected chi connectivity index (χ1v) is 10.7. The van der Waals surface area contributed by atoms with Crippen molar-refractivity contribution < 1.29 is 14.4 Å². The zero-order chi connectivity index (χ0) is 23.5. The molecule has 0 unspecified atom stereocenters. The molecule has 0 radical (unpaired) electrons. The Morgan fingerprint density at radius 1 is 1.15 bits per heavy atom. The zero-order valence-electron chi connectivity index (χ0n) is 17.4. The molecule has 164 valence electrons. The minimum Gasteiger partial charge on any atom is -0.366 e. The van der Waals surface area contributed by atoms with Gasteiger partial charge in [0.1, 0.15) is 6.42 Å². The highest BCUT2D eigenvalue weighted by Gasteiger charge is 2.20. The van der Waals surface area contributed by atoms with E-state index in [2.05, 4.69) is 20.6 Å². The Morgan fingerprint density at radius 3 is 2.67 bits per heavy atom. The number of amides is 3. The number of nitrogens with one attached hydrogen (secondary N) is 3. The number of aromatic nitrogens is 2. The van der Waals surface area contributed by atoms with Crippen LogP contribution in [-0.4, -0.2) is 27.7 Å². The van der Waals surface area contributed by atoms with Crippen LogP contribution in [0.3, 0.4) is 0 Å². The fraction of sp³-hybridized carbons (Fsp3) is 0.0870. The van der Waals surface area contributed by atoms with Gasteiger partial charge in [-0.3, -0.25) is 14.4 Å². The van der Waals surface area contributed by atoms with Crippen LogP contribution in [0.2, 0.25) is 0 Å². The van der Waals surface area contributed by atoms with E-state index in [1.165, 1.54) is 11.3 Å². The van der Waals surface area contributed by atoms with E-state index in [0.717, 1.165) is 11.1 Å². The number of thiazole rings is 1. The van der Waals surface area contributed by atoms with Gasteiger partial charge in [0.05, 0.1) is 22.8 Å². The summed E-state index contributed by atoms with van der Waals surface area (Å²) in [4.78, 5) is 43.6. The molecular formula is C23H18N6O3S. The van der Waals surface area contributed by atoms with Crippen molar-refractivity contribution in [1.82, 2.24) is 9.97 Å². The van der Waals surface area contributed by atoms with Gasteiger partial charge in [0.25, 0.3) is 11.8 Å². The number of carbonyl (C=O) groups excluding carboxylic acids is 3. The van der Waals surface area contributed by atoms with Gasteiger partial charge in [-0.05, 0) is 35.7 Å². The minimum absolute atomic E-state index is 0.264. The molecule has 0 aliphatic carbocycles. The first kappa shape index (κ1) is 21.7. The molecule has 0 aliphatic heterocycles. The van der Waals surface area contributed by atoms with Crippen LogP contribution in [0.25, 0.3) is 22.0 Å². The van der Waals surface area contributed by atoms with Crippen LogP contribution in [0.15, 0.2) is 48.1 Å². The van der Waals surface area contributed by atoms with Crippen molar-refractivity contribution in [3.8, 4) is 17.2 Å². The maximum Gasteiger partial charge on any atom is 0.284 e. The van der Waals surface area contributed by atoms with Crippen LogP contribution < -0.4 is 16.4 Å². The number of nitriles is 1. The molecule has 0 fully saturated rings. The van der Waals surface area contributed by atoms with Gasteiger partial charge in [0, 0.05) is 28.8 Å². The first-order chi connectivity index (χ1) is 15.9. The number of hydrogen-bond acceptors (Lipinski definition) is 6. The van der Waals surface area contributed by atoms with Crippen LogP contribution in [-0.2, 0) is 4.79 Å². The van der Waals surface area contributed by atoms with E-state index in [0.29, 0.717) is 32.8 Å². The third-order valence-corrected chi connectivity index (χ3v) is 5.89. The predicted octanol–water partition coefficient (Wildman–Crippen LogP) is 3.80. The number of primary amides is 1. The molecule has 0 bridgehead atoms. The molecule has 0 aliphatic rings. The van der Waals surface area contributed by atoms with Crippen LogP contribution >= 0.6 is 11.3 Å². The van der Waals surface area contributed by atoms with E-state index in [1.54, 1.807) is 42.0 Å². The predicted molar refractivity (Wildman–Crippen MR) is 126 cm³/mol. The Kier molecular flexibility index (Phi) is 5.89. The lowest BCUT2D eigenvalue weighted by Gasteiger charge is -2.15. The fourth-order valence-electron chi connectivity index (χ4n) is 3.62. The topological polar surface area (TPSA) is 154 Å². The van der Waals surface area contributed by atoms with Gasteiger partial charge in [0.2, 0.25) is 5.91 Å². The van der Waals surface area contributed by atoms with Crippen molar-refractivity contribution in [1.29, 1.82) is 5.26 Å². The number of aromatic amines is 1. The minimum atomic E-state index is -0.621. The van der Waals surface area contributed by atoms with E-state index in [1.807, 2.05) is 19.1 Å². The monoisotopic (exact) mass is 458 g/mol. The largest absolute Gasteiger partial charge is 0.366 e. The standard InChI is InChI=1S/C23H18N6O3S/c1-12-13(3-2-4-16(12)29-22(32)23-26-9-10-33-23)14-5-6-15(21(25)31)20-19(14)17(11-27-20)28-18(30)7-8-24/h2-6,9-11,27H,7H2,1H3,(H2,25,31)(H,28,30)(H,29,32). The van der Waals surface area contributed by atoms with Gasteiger partial charge in [-0.15, -0.1) is 11.3 Å². The van der Waals surface area contributed by atoms with E-state index >= 15 is 0 Å². The second kappa shape index (κ2) is 8.94. The van der Waals surface area contributed by atoms with Crippen LogP contribution in [0.4, 0.5) is 11.4 Å². The molecule has 5 N–H and O–H groups in total. The van der Waals surface area contributed by atoms with Crippen molar-refractivity contribution in [3.05, 3.63) is 64.2 Å². The summed E-state index contributed by atoms with van der Waals surface area (Å²) in [5.41, 5.74) is 9.56. The summed E-state index contributed by atoms with van der Waals surface area (Å²) in [6.07, 6.45) is 2.81. The van der Waals surface area contributed by atoms with E-state index in [9.17, 15) is 14.4 Å². The molecule has 4 rings (SSSR count). The Morgan fingerprint density at radius 2 is 1.97 bits per heavy atom. The van der Waals surface area contributed by atoms with Crippen molar-refractivity contribution >= 4 is 51.3 Å². The number of nitrogens with zero attached hydrogens (tertiary/aromatic N) is 2. The van der Waals surface area contributed by atoms with Gasteiger partial charge in [-0.2, -0.15) is 5.26 Å². The van der Waals surface area contributed by atoms with Crippen LogP contribution in [0, 0.1) is 18.3 Å². The number of hydrogen-bond donors (Lipinski definition) is 4. The summed E-state index contributed by atoms with van der Waals surface area (Å²) in [6.45, 7) is 1.86. The fourth-order valence-corrected chi connectivity index (χ4v) is 4.15. The Hall–Kier alpha value is -4.49. The van der Waals surface area contributed by atoms with Gasteiger partial charge < -0.3 is 21.4 Å². The number of rotatable bonds is 6. The molecule has 2 aromatic carbocycles. The maximum atomic E-state index is 12.5. The van der Waals surface area contributed by atoms with Crippen molar-refractivity contribution in [2.24, 2.45) is 5.73 Å². The highest BCUT2D eigenvalue weighted by Crippen LogP contribution is 2.39. The zero-order valence-corrected chi connectivity index (χ0v) is 18.2. The van der Waals surface area contributed by atoms with E-state index < -0.39 is 11.8 Å². The summed E-state index contributed by atoms with van der Waals surface area (Å²) in [7, 11) is 0. The number of anilines is 2. The molecule has 2 aromatic heterocycles. The van der Waals surface area contributed by atoms with Gasteiger partial charge in [-0.1, -0.05) is 18.2 Å². The van der Waals surface area contributed by atoms with Crippen molar-refractivity contribution in [3.63, 3.8) is 0 Å². The molecule has 0 saturated heterocycles. The lowest BCUT2D eigenvalue weighted by molar-refractivity contribution is -0.115. The first-order valence-electron chi connectivity index (χ1n) is 9.82. The second-order valence-electron chi connectivity index (χ2n) is 7.13. The third-order valence-electron chi connectivity index (χ3n) is 5.11.